The summed E-state index contributed by atoms with van der Waals surface area (Å²) in [5.74, 6) is 0.597. The predicted octanol–water partition coefficient (Wildman–Crippen LogP) is 3.29. The third-order valence-electron chi connectivity index (χ3n) is 3.50. The molecule has 98 valence electrons. The van der Waals surface area contributed by atoms with Gasteiger partial charge in [0.15, 0.2) is 0 Å². The Morgan fingerprint density at radius 2 is 2.17 bits per heavy atom. The van der Waals surface area contributed by atoms with Gasteiger partial charge >= 0.3 is 0 Å². The van der Waals surface area contributed by atoms with Crippen LogP contribution in [0.3, 0.4) is 0 Å². The number of nitrogen functional groups attached to an aromatic ring is 1. The number of benzene rings is 1. The summed E-state index contributed by atoms with van der Waals surface area (Å²) >= 11 is 3.38. The predicted molar refractivity (Wildman–Crippen MR) is 77.5 cm³/mol. The molecule has 2 N–H and O–H groups in total. The largest absolute Gasteiger partial charge is 0.399 e. The molecule has 4 heteroatoms. The van der Waals surface area contributed by atoms with Crippen LogP contribution in [0.5, 0.6) is 0 Å². The average Bonchev–Trinajstić information content (AvgIpc) is 2.75. The molecule has 0 aromatic heterocycles. The second kappa shape index (κ2) is 5.31. The zero-order valence-corrected chi connectivity index (χ0v) is 12.4. The molecular weight excluding hydrogens is 292 g/mol. The Hall–Kier alpha value is -1.03. The van der Waals surface area contributed by atoms with Crippen molar-refractivity contribution < 1.29 is 4.79 Å². The van der Waals surface area contributed by atoms with E-state index in [-0.39, 0.29) is 5.91 Å². The van der Waals surface area contributed by atoms with Gasteiger partial charge in [-0.05, 0) is 37.0 Å². The Kier molecular flexibility index (Phi) is 3.95. The van der Waals surface area contributed by atoms with E-state index >= 15 is 0 Å². The number of nitrogens with two attached hydrogens (primary N) is 1. The van der Waals surface area contributed by atoms with Crippen molar-refractivity contribution in [1.82, 2.24) is 4.90 Å². The van der Waals surface area contributed by atoms with E-state index in [2.05, 4.69) is 29.8 Å². The minimum Gasteiger partial charge on any atom is -0.399 e. The summed E-state index contributed by atoms with van der Waals surface area (Å²) in [5.41, 5.74) is 7.08. The number of hydrogen-bond donors (Lipinski definition) is 1. The van der Waals surface area contributed by atoms with Crippen molar-refractivity contribution in [3.05, 3.63) is 28.2 Å². The van der Waals surface area contributed by atoms with Crippen LogP contribution in [0.4, 0.5) is 5.69 Å². The number of carbonyl (C=O) groups is 1. The van der Waals surface area contributed by atoms with Crippen molar-refractivity contribution in [3.63, 3.8) is 0 Å². The van der Waals surface area contributed by atoms with Gasteiger partial charge in [0.1, 0.15) is 0 Å². The third-order valence-corrected chi connectivity index (χ3v) is 3.95. The fourth-order valence-corrected chi connectivity index (χ4v) is 3.15. The normalized spacial score (nSPS) is 19.6. The molecule has 1 fully saturated rings. The minimum atomic E-state index is 0.0965. The highest BCUT2D eigenvalue weighted by atomic mass is 79.9. The van der Waals surface area contributed by atoms with E-state index in [0.717, 1.165) is 23.9 Å². The minimum absolute atomic E-state index is 0.0965. The van der Waals surface area contributed by atoms with Crippen LogP contribution in [0.1, 0.15) is 37.0 Å². The topological polar surface area (TPSA) is 46.3 Å². The number of nitrogens with zero attached hydrogens (tertiary/aromatic N) is 1. The van der Waals surface area contributed by atoms with Gasteiger partial charge in [-0.2, -0.15) is 0 Å². The maximum Gasteiger partial charge on any atom is 0.254 e. The first-order valence-corrected chi connectivity index (χ1v) is 7.15. The molecule has 1 aromatic carbocycles. The summed E-state index contributed by atoms with van der Waals surface area (Å²) in [4.78, 5) is 14.5. The first kappa shape index (κ1) is 13.4. The number of carbonyl (C=O) groups excluding carboxylic acids is 1. The van der Waals surface area contributed by atoms with Gasteiger partial charge in [-0.1, -0.05) is 29.8 Å². The quantitative estimate of drug-likeness (QED) is 0.852. The molecule has 1 aliphatic rings. The van der Waals surface area contributed by atoms with E-state index in [9.17, 15) is 4.79 Å². The van der Waals surface area contributed by atoms with Gasteiger partial charge in [-0.15, -0.1) is 0 Å². The fraction of sp³-hybridized carbons (Fsp3) is 0.500. The SMILES string of the molecule is CC(C)C1CCCN1C(=O)c1cc(N)cc(Br)c1. The molecule has 0 radical (unpaired) electrons. The van der Waals surface area contributed by atoms with Crippen molar-refractivity contribution in [2.75, 3.05) is 12.3 Å². The molecule has 1 saturated heterocycles. The van der Waals surface area contributed by atoms with Crippen molar-refractivity contribution in [2.45, 2.75) is 32.7 Å². The first-order chi connectivity index (χ1) is 8.49. The summed E-state index contributed by atoms with van der Waals surface area (Å²) < 4.78 is 0.853. The molecule has 2 rings (SSSR count). The highest BCUT2D eigenvalue weighted by Gasteiger charge is 2.31. The number of likely N-dealkylation sites (tertiary alicyclic amines) is 1. The van der Waals surface area contributed by atoms with Gasteiger partial charge in [-0.25, -0.2) is 0 Å². The van der Waals surface area contributed by atoms with E-state index in [1.807, 2.05) is 11.0 Å². The van der Waals surface area contributed by atoms with E-state index in [4.69, 9.17) is 5.73 Å². The standard InChI is InChI=1S/C14H19BrN2O/c1-9(2)13-4-3-5-17(13)14(18)10-6-11(15)8-12(16)7-10/h6-9,13H,3-5,16H2,1-2H3. The van der Waals surface area contributed by atoms with E-state index in [1.165, 1.54) is 0 Å². The monoisotopic (exact) mass is 310 g/mol. The molecule has 1 aliphatic heterocycles. The van der Waals surface area contributed by atoms with Crippen molar-refractivity contribution in [1.29, 1.82) is 0 Å². The Morgan fingerprint density at radius 3 is 2.78 bits per heavy atom. The van der Waals surface area contributed by atoms with Gasteiger partial charge in [0.05, 0.1) is 0 Å². The number of anilines is 1. The van der Waals surface area contributed by atoms with Crippen LogP contribution >= 0.6 is 15.9 Å². The lowest BCUT2D eigenvalue weighted by molar-refractivity contribution is 0.0701. The smallest absolute Gasteiger partial charge is 0.254 e. The summed E-state index contributed by atoms with van der Waals surface area (Å²) in [6, 6.07) is 5.76. The maximum atomic E-state index is 12.5. The molecule has 3 nitrogen and oxygen atoms in total. The molecule has 1 heterocycles. The lowest BCUT2D eigenvalue weighted by Gasteiger charge is -2.28. The maximum absolute atomic E-state index is 12.5. The molecule has 0 bridgehead atoms. The number of amides is 1. The van der Waals surface area contributed by atoms with Gasteiger partial charge in [-0.3, -0.25) is 4.79 Å². The van der Waals surface area contributed by atoms with Crippen LogP contribution in [-0.4, -0.2) is 23.4 Å². The molecule has 1 unspecified atom stereocenters. The summed E-state index contributed by atoms with van der Waals surface area (Å²) in [6.45, 7) is 5.20. The lowest BCUT2D eigenvalue weighted by Crippen LogP contribution is -2.38. The van der Waals surface area contributed by atoms with Crippen LogP contribution < -0.4 is 5.73 Å². The molecule has 0 spiro atoms. The number of hydrogen-bond acceptors (Lipinski definition) is 2. The van der Waals surface area contributed by atoms with E-state index in [0.29, 0.717) is 23.2 Å². The Labute approximate surface area is 116 Å². The van der Waals surface area contributed by atoms with Crippen molar-refractivity contribution >= 4 is 27.5 Å². The first-order valence-electron chi connectivity index (χ1n) is 6.36. The molecule has 1 amide bonds. The van der Waals surface area contributed by atoms with Gasteiger partial charge in [0, 0.05) is 28.3 Å². The Morgan fingerprint density at radius 1 is 1.44 bits per heavy atom. The van der Waals surface area contributed by atoms with Crippen LogP contribution in [0, 0.1) is 5.92 Å². The van der Waals surface area contributed by atoms with Crippen molar-refractivity contribution in [2.24, 2.45) is 5.92 Å². The highest BCUT2D eigenvalue weighted by Crippen LogP contribution is 2.27. The zero-order valence-electron chi connectivity index (χ0n) is 10.8. The van der Waals surface area contributed by atoms with E-state index in [1.54, 1.807) is 12.1 Å². The van der Waals surface area contributed by atoms with Crippen molar-refractivity contribution in [3.8, 4) is 0 Å². The average molecular weight is 311 g/mol. The third kappa shape index (κ3) is 2.69. The summed E-state index contributed by atoms with van der Waals surface area (Å²) in [5, 5.41) is 0. The Balaban J connectivity index is 2.25. The fourth-order valence-electron chi connectivity index (χ4n) is 2.64. The molecule has 0 saturated carbocycles. The van der Waals surface area contributed by atoms with E-state index < -0.39 is 0 Å². The lowest BCUT2D eigenvalue weighted by atomic mass is 10.0. The molecule has 0 aliphatic carbocycles. The molecule has 18 heavy (non-hydrogen) atoms. The molecule has 1 aromatic rings. The molecular formula is C14H19BrN2O. The van der Waals surface area contributed by atoms with Crippen LogP contribution in [-0.2, 0) is 0 Å². The van der Waals surface area contributed by atoms with Crippen LogP contribution in [0.2, 0.25) is 0 Å². The highest BCUT2D eigenvalue weighted by molar-refractivity contribution is 9.10. The van der Waals surface area contributed by atoms with Gasteiger partial charge < -0.3 is 10.6 Å². The van der Waals surface area contributed by atoms with Gasteiger partial charge in [0.25, 0.3) is 5.91 Å². The molecule has 1 atom stereocenters. The Bertz CT molecular complexity index is 439. The second-order valence-corrected chi connectivity index (χ2v) is 6.14. The zero-order chi connectivity index (χ0) is 13.3. The second-order valence-electron chi connectivity index (χ2n) is 5.23. The number of rotatable bonds is 2. The summed E-state index contributed by atoms with van der Waals surface area (Å²) in [6.07, 6.45) is 2.20. The van der Waals surface area contributed by atoms with Crippen LogP contribution in [0.15, 0.2) is 22.7 Å². The van der Waals surface area contributed by atoms with Crippen LogP contribution in [0.25, 0.3) is 0 Å². The number of halogens is 1. The van der Waals surface area contributed by atoms with Gasteiger partial charge in [0.2, 0.25) is 0 Å². The summed E-state index contributed by atoms with van der Waals surface area (Å²) in [7, 11) is 0.